The molecule has 0 saturated carbocycles. The number of hydrogen-bond acceptors (Lipinski definition) is 3. The van der Waals surface area contributed by atoms with Crippen LogP contribution in [0, 0.1) is 20.8 Å². The second-order valence-corrected chi connectivity index (χ2v) is 6.23. The lowest BCUT2D eigenvalue weighted by atomic mass is 10.0. The first-order chi connectivity index (χ1) is 11.4. The van der Waals surface area contributed by atoms with Crippen molar-refractivity contribution in [1.82, 2.24) is 0 Å². The number of rotatable bonds is 5. The van der Waals surface area contributed by atoms with Crippen LogP contribution < -0.4 is 5.32 Å². The molecule has 0 aromatic heterocycles. The first kappa shape index (κ1) is 18.0. The fourth-order valence-corrected chi connectivity index (χ4v) is 2.51. The van der Waals surface area contributed by atoms with Crippen LogP contribution in [-0.4, -0.2) is 18.2 Å². The van der Waals surface area contributed by atoms with E-state index in [0.29, 0.717) is 5.02 Å². The molecule has 1 N–H and O–H groups in total. The van der Waals surface area contributed by atoms with Gasteiger partial charge in [0.1, 0.15) is 0 Å². The van der Waals surface area contributed by atoms with E-state index in [2.05, 4.69) is 10.5 Å². The number of benzene rings is 2. The van der Waals surface area contributed by atoms with Crippen LogP contribution in [0.3, 0.4) is 0 Å². The van der Waals surface area contributed by atoms with E-state index in [-0.39, 0.29) is 5.91 Å². The molecule has 1 amide bonds. The first-order valence-electron chi connectivity index (χ1n) is 7.70. The van der Waals surface area contributed by atoms with Crippen LogP contribution in [0.5, 0.6) is 0 Å². The van der Waals surface area contributed by atoms with Gasteiger partial charge in [0.15, 0.2) is 0 Å². The van der Waals surface area contributed by atoms with Gasteiger partial charge < -0.3 is 10.2 Å². The van der Waals surface area contributed by atoms with Crippen LogP contribution in [0.1, 0.15) is 29.2 Å². The predicted molar refractivity (Wildman–Crippen MR) is 98.9 cm³/mol. The van der Waals surface area contributed by atoms with Gasteiger partial charge in [-0.1, -0.05) is 46.6 Å². The summed E-state index contributed by atoms with van der Waals surface area (Å²) in [6, 6.07) is 11.2. The highest BCUT2D eigenvalue weighted by molar-refractivity contribution is 6.30. The summed E-state index contributed by atoms with van der Waals surface area (Å²) in [6.07, 6.45) is 0.844. The van der Waals surface area contributed by atoms with Gasteiger partial charge in [0.2, 0.25) is 6.10 Å². The van der Waals surface area contributed by atoms with Gasteiger partial charge in [0.05, 0.1) is 6.21 Å². The standard InChI is InChI=1S/C19H21ClN2O2/c1-12-9-13(2)18(14(3)10-12)22-19(23)15(4)24-21-11-16-5-7-17(20)8-6-16/h5-11,15H,1-4H3,(H,22,23)/b21-11+. The zero-order chi connectivity index (χ0) is 17.7. The Morgan fingerprint density at radius 1 is 1.17 bits per heavy atom. The van der Waals surface area contributed by atoms with Crippen LogP contribution in [-0.2, 0) is 9.63 Å². The van der Waals surface area contributed by atoms with Gasteiger partial charge in [-0.15, -0.1) is 0 Å². The van der Waals surface area contributed by atoms with Crippen molar-refractivity contribution >= 4 is 29.4 Å². The molecule has 1 unspecified atom stereocenters. The van der Waals surface area contributed by atoms with Crippen molar-refractivity contribution < 1.29 is 9.63 Å². The first-order valence-corrected chi connectivity index (χ1v) is 8.08. The maximum atomic E-state index is 12.3. The number of nitrogens with zero attached hydrogens (tertiary/aromatic N) is 1. The van der Waals surface area contributed by atoms with Gasteiger partial charge in [0, 0.05) is 10.7 Å². The molecule has 0 radical (unpaired) electrons. The summed E-state index contributed by atoms with van der Waals surface area (Å²) in [4.78, 5) is 17.5. The van der Waals surface area contributed by atoms with Crippen LogP contribution in [0.15, 0.2) is 41.6 Å². The maximum Gasteiger partial charge on any atom is 0.268 e. The molecule has 2 rings (SSSR count). The molecule has 2 aromatic carbocycles. The highest BCUT2D eigenvalue weighted by Crippen LogP contribution is 2.22. The average molecular weight is 345 g/mol. The van der Waals surface area contributed by atoms with E-state index >= 15 is 0 Å². The van der Waals surface area contributed by atoms with Gasteiger partial charge in [-0.05, 0) is 56.5 Å². The lowest BCUT2D eigenvalue weighted by Gasteiger charge is -2.15. The Kier molecular flexibility index (Phi) is 5.99. The van der Waals surface area contributed by atoms with Gasteiger partial charge >= 0.3 is 0 Å². The van der Waals surface area contributed by atoms with Gasteiger partial charge in [-0.3, -0.25) is 4.79 Å². The third-order valence-corrected chi connectivity index (χ3v) is 3.84. The van der Waals surface area contributed by atoms with Crippen LogP contribution in [0.25, 0.3) is 0 Å². The fourth-order valence-electron chi connectivity index (χ4n) is 2.38. The highest BCUT2D eigenvalue weighted by Gasteiger charge is 2.16. The minimum absolute atomic E-state index is 0.238. The van der Waals surface area contributed by atoms with Crippen molar-refractivity contribution in [3.8, 4) is 0 Å². The van der Waals surface area contributed by atoms with Gasteiger partial charge in [-0.2, -0.15) is 0 Å². The van der Waals surface area contributed by atoms with E-state index in [4.69, 9.17) is 16.4 Å². The summed E-state index contributed by atoms with van der Waals surface area (Å²) in [5.74, 6) is -0.238. The molecule has 0 spiro atoms. The molecule has 0 aliphatic heterocycles. The Hall–Kier alpha value is -2.33. The van der Waals surface area contributed by atoms with E-state index in [1.54, 1.807) is 25.3 Å². The number of carbonyl (C=O) groups is 1. The molecule has 0 aliphatic carbocycles. The number of aryl methyl sites for hydroxylation is 3. The number of anilines is 1. The molecule has 126 valence electrons. The molecule has 0 fully saturated rings. The molecule has 0 saturated heterocycles. The van der Waals surface area contributed by atoms with Crippen molar-refractivity contribution in [2.45, 2.75) is 33.8 Å². The third kappa shape index (κ3) is 4.83. The minimum Gasteiger partial charge on any atom is -0.383 e. The van der Waals surface area contributed by atoms with Crippen LogP contribution in [0.4, 0.5) is 5.69 Å². The summed E-state index contributed by atoms with van der Waals surface area (Å²) in [7, 11) is 0. The summed E-state index contributed by atoms with van der Waals surface area (Å²) in [5, 5.41) is 7.43. The third-order valence-electron chi connectivity index (χ3n) is 3.59. The van der Waals surface area contributed by atoms with E-state index in [1.807, 2.05) is 45.0 Å². The maximum absolute atomic E-state index is 12.3. The molecule has 5 heteroatoms. The lowest BCUT2D eigenvalue weighted by Crippen LogP contribution is -2.27. The number of carbonyl (C=O) groups excluding carboxylic acids is 1. The van der Waals surface area contributed by atoms with Crippen molar-refractivity contribution in [2.75, 3.05) is 5.32 Å². The summed E-state index contributed by atoms with van der Waals surface area (Å²) in [5.41, 5.74) is 4.88. The van der Waals surface area contributed by atoms with Crippen LogP contribution >= 0.6 is 11.6 Å². The molecule has 24 heavy (non-hydrogen) atoms. The molecular formula is C19H21ClN2O2. The number of halogens is 1. The second-order valence-electron chi connectivity index (χ2n) is 5.80. The predicted octanol–water partition coefficient (Wildman–Crippen LogP) is 4.64. The summed E-state index contributed by atoms with van der Waals surface area (Å²) in [6.45, 7) is 7.63. The van der Waals surface area contributed by atoms with Crippen molar-refractivity contribution in [3.63, 3.8) is 0 Å². The number of oxime groups is 1. The van der Waals surface area contributed by atoms with Crippen LogP contribution in [0.2, 0.25) is 5.02 Å². The number of amides is 1. The Morgan fingerprint density at radius 2 is 1.75 bits per heavy atom. The normalized spacial score (nSPS) is 12.2. The molecular weight excluding hydrogens is 324 g/mol. The Balaban J connectivity index is 1.96. The zero-order valence-electron chi connectivity index (χ0n) is 14.3. The van der Waals surface area contributed by atoms with Crippen molar-refractivity contribution in [3.05, 3.63) is 63.7 Å². The average Bonchev–Trinajstić information content (AvgIpc) is 2.52. The quantitative estimate of drug-likeness (QED) is 0.634. The Morgan fingerprint density at radius 3 is 2.33 bits per heavy atom. The zero-order valence-corrected chi connectivity index (χ0v) is 15.0. The minimum atomic E-state index is -0.700. The monoisotopic (exact) mass is 344 g/mol. The Bertz CT molecular complexity index is 731. The second kappa shape index (κ2) is 7.97. The van der Waals surface area contributed by atoms with Crippen molar-refractivity contribution in [2.24, 2.45) is 5.16 Å². The summed E-state index contributed by atoms with van der Waals surface area (Å²) >= 11 is 5.82. The van der Waals surface area contributed by atoms with E-state index in [9.17, 15) is 4.79 Å². The van der Waals surface area contributed by atoms with E-state index in [1.165, 1.54) is 5.56 Å². The molecule has 1 atom stereocenters. The molecule has 0 heterocycles. The highest BCUT2D eigenvalue weighted by atomic mass is 35.5. The molecule has 2 aromatic rings. The fraction of sp³-hybridized carbons (Fsp3) is 0.263. The SMILES string of the molecule is Cc1cc(C)c(NC(=O)C(C)O/N=C/c2ccc(Cl)cc2)c(C)c1. The topological polar surface area (TPSA) is 50.7 Å². The number of nitrogens with one attached hydrogen (secondary N) is 1. The molecule has 0 bridgehead atoms. The number of hydrogen-bond donors (Lipinski definition) is 1. The molecule has 4 nitrogen and oxygen atoms in total. The lowest BCUT2D eigenvalue weighted by molar-refractivity contribution is -0.126. The van der Waals surface area contributed by atoms with E-state index < -0.39 is 6.10 Å². The van der Waals surface area contributed by atoms with Gasteiger partial charge in [0.25, 0.3) is 5.91 Å². The Labute approximate surface area is 147 Å². The largest absolute Gasteiger partial charge is 0.383 e. The van der Waals surface area contributed by atoms with Crippen molar-refractivity contribution in [1.29, 1.82) is 0 Å². The van der Waals surface area contributed by atoms with Gasteiger partial charge in [-0.25, -0.2) is 0 Å². The van der Waals surface area contributed by atoms with E-state index in [0.717, 1.165) is 22.4 Å². The smallest absolute Gasteiger partial charge is 0.268 e. The summed E-state index contributed by atoms with van der Waals surface area (Å²) < 4.78 is 0. The molecule has 0 aliphatic rings.